The SMILES string of the molecule is CCC(C)[C@H](N)C(=O)N1CCN(c2ccccc2F)CC1. The molecule has 21 heavy (non-hydrogen) atoms. The molecule has 2 N–H and O–H groups in total. The molecule has 1 aliphatic rings. The number of carbonyl (C=O) groups excluding carboxylic acids is 1. The molecule has 0 spiro atoms. The molecular weight excluding hydrogens is 269 g/mol. The summed E-state index contributed by atoms with van der Waals surface area (Å²) in [5.41, 5.74) is 6.61. The molecule has 1 saturated heterocycles. The molecule has 1 aromatic carbocycles. The van der Waals surface area contributed by atoms with Gasteiger partial charge in [0, 0.05) is 26.2 Å². The second kappa shape index (κ2) is 6.89. The summed E-state index contributed by atoms with van der Waals surface area (Å²) in [5.74, 6) is -0.0202. The first-order valence-electron chi connectivity index (χ1n) is 7.58. The van der Waals surface area contributed by atoms with E-state index in [-0.39, 0.29) is 17.6 Å². The quantitative estimate of drug-likeness (QED) is 0.921. The van der Waals surface area contributed by atoms with E-state index >= 15 is 0 Å². The number of hydrogen-bond acceptors (Lipinski definition) is 3. The Morgan fingerprint density at radius 3 is 2.48 bits per heavy atom. The van der Waals surface area contributed by atoms with Crippen molar-refractivity contribution in [3.63, 3.8) is 0 Å². The second-order valence-electron chi connectivity index (χ2n) is 5.68. The maximum Gasteiger partial charge on any atom is 0.239 e. The zero-order valence-corrected chi connectivity index (χ0v) is 12.8. The Hall–Kier alpha value is -1.62. The Kier molecular flexibility index (Phi) is 5.17. The fraction of sp³-hybridized carbons (Fsp3) is 0.562. The number of halogens is 1. The third-order valence-corrected chi connectivity index (χ3v) is 4.33. The van der Waals surface area contributed by atoms with Crippen LogP contribution in [-0.2, 0) is 4.79 Å². The Labute approximate surface area is 125 Å². The minimum absolute atomic E-state index is 0.0116. The van der Waals surface area contributed by atoms with Crippen molar-refractivity contribution in [3.05, 3.63) is 30.1 Å². The number of rotatable bonds is 4. The fourth-order valence-electron chi connectivity index (χ4n) is 2.58. The predicted octanol–water partition coefficient (Wildman–Crippen LogP) is 1.85. The lowest BCUT2D eigenvalue weighted by atomic mass is 9.98. The van der Waals surface area contributed by atoms with E-state index in [1.54, 1.807) is 17.0 Å². The van der Waals surface area contributed by atoms with Crippen molar-refractivity contribution >= 4 is 11.6 Å². The minimum atomic E-state index is -0.435. The van der Waals surface area contributed by atoms with Gasteiger partial charge in [-0.15, -0.1) is 0 Å². The fourth-order valence-corrected chi connectivity index (χ4v) is 2.58. The van der Waals surface area contributed by atoms with Gasteiger partial charge in [0.25, 0.3) is 0 Å². The highest BCUT2D eigenvalue weighted by atomic mass is 19.1. The summed E-state index contributed by atoms with van der Waals surface area (Å²) in [6, 6.07) is 6.32. The van der Waals surface area contributed by atoms with Crippen molar-refractivity contribution in [1.82, 2.24) is 4.90 Å². The number of benzene rings is 1. The van der Waals surface area contributed by atoms with E-state index in [4.69, 9.17) is 5.73 Å². The van der Waals surface area contributed by atoms with Crippen LogP contribution in [0.4, 0.5) is 10.1 Å². The zero-order chi connectivity index (χ0) is 15.4. The Bertz CT molecular complexity index is 486. The second-order valence-corrected chi connectivity index (χ2v) is 5.68. The summed E-state index contributed by atoms with van der Waals surface area (Å²) < 4.78 is 13.8. The number of nitrogens with zero attached hydrogens (tertiary/aromatic N) is 2. The molecule has 2 rings (SSSR count). The highest BCUT2D eigenvalue weighted by molar-refractivity contribution is 5.82. The van der Waals surface area contributed by atoms with Gasteiger partial charge in [-0.25, -0.2) is 4.39 Å². The van der Waals surface area contributed by atoms with Crippen molar-refractivity contribution < 1.29 is 9.18 Å². The van der Waals surface area contributed by atoms with E-state index in [1.807, 2.05) is 24.8 Å². The van der Waals surface area contributed by atoms with Crippen molar-refractivity contribution in [2.75, 3.05) is 31.1 Å². The summed E-state index contributed by atoms with van der Waals surface area (Å²) in [4.78, 5) is 16.1. The van der Waals surface area contributed by atoms with Gasteiger partial charge in [-0.1, -0.05) is 32.4 Å². The lowest BCUT2D eigenvalue weighted by Gasteiger charge is -2.37. The van der Waals surface area contributed by atoms with Gasteiger partial charge in [-0.2, -0.15) is 0 Å². The summed E-state index contributed by atoms with van der Waals surface area (Å²) in [5, 5.41) is 0. The third kappa shape index (κ3) is 3.53. The van der Waals surface area contributed by atoms with Gasteiger partial charge in [0.15, 0.2) is 0 Å². The number of amides is 1. The molecule has 0 radical (unpaired) electrons. The van der Waals surface area contributed by atoms with Crippen LogP contribution >= 0.6 is 0 Å². The van der Waals surface area contributed by atoms with E-state index in [0.717, 1.165) is 6.42 Å². The molecule has 4 nitrogen and oxygen atoms in total. The van der Waals surface area contributed by atoms with E-state index in [2.05, 4.69) is 0 Å². The molecule has 1 unspecified atom stereocenters. The monoisotopic (exact) mass is 293 g/mol. The normalized spacial score (nSPS) is 18.5. The van der Waals surface area contributed by atoms with Crippen LogP contribution < -0.4 is 10.6 Å². The Balaban J connectivity index is 1.94. The predicted molar refractivity (Wildman–Crippen MR) is 82.6 cm³/mol. The van der Waals surface area contributed by atoms with Gasteiger partial charge in [0.2, 0.25) is 5.91 Å². The van der Waals surface area contributed by atoms with E-state index < -0.39 is 6.04 Å². The first-order chi connectivity index (χ1) is 10.0. The summed E-state index contributed by atoms with van der Waals surface area (Å²) in [7, 11) is 0. The van der Waals surface area contributed by atoms with Gasteiger partial charge in [-0.3, -0.25) is 4.79 Å². The molecule has 0 aliphatic carbocycles. The van der Waals surface area contributed by atoms with Gasteiger partial charge in [-0.05, 0) is 18.1 Å². The standard InChI is InChI=1S/C16H24FN3O/c1-3-12(2)15(18)16(21)20-10-8-19(9-11-20)14-7-5-4-6-13(14)17/h4-7,12,15H,3,8-11,18H2,1-2H3/t12?,15-/m0/s1. The lowest BCUT2D eigenvalue weighted by molar-refractivity contribution is -0.134. The highest BCUT2D eigenvalue weighted by Gasteiger charge is 2.28. The molecule has 0 saturated carbocycles. The van der Waals surface area contributed by atoms with Gasteiger partial charge >= 0.3 is 0 Å². The van der Waals surface area contributed by atoms with Crippen LogP contribution in [0.3, 0.4) is 0 Å². The van der Waals surface area contributed by atoms with Crippen molar-refractivity contribution in [2.45, 2.75) is 26.3 Å². The zero-order valence-electron chi connectivity index (χ0n) is 12.8. The summed E-state index contributed by atoms with van der Waals surface area (Å²) in [6.07, 6.45) is 0.891. The van der Waals surface area contributed by atoms with Gasteiger partial charge in [0.05, 0.1) is 11.7 Å². The van der Waals surface area contributed by atoms with Crippen molar-refractivity contribution in [3.8, 4) is 0 Å². The van der Waals surface area contributed by atoms with Crippen LogP contribution in [0, 0.1) is 11.7 Å². The van der Waals surface area contributed by atoms with Crippen LogP contribution in [0.5, 0.6) is 0 Å². The number of para-hydroxylation sites is 1. The number of hydrogen-bond donors (Lipinski definition) is 1. The molecule has 5 heteroatoms. The van der Waals surface area contributed by atoms with Crippen molar-refractivity contribution in [1.29, 1.82) is 0 Å². The van der Waals surface area contributed by atoms with Crippen LogP contribution in [-0.4, -0.2) is 43.0 Å². The molecular formula is C16H24FN3O. The third-order valence-electron chi connectivity index (χ3n) is 4.33. The van der Waals surface area contributed by atoms with E-state index in [9.17, 15) is 9.18 Å². The maximum absolute atomic E-state index is 13.8. The van der Waals surface area contributed by atoms with Gasteiger partial charge in [0.1, 0.15) is 5.82 Å². The number of piperazine rings is 1. The Morgan fingerprint density at radius 1 is 1.29 bits per heavy atom. The van der Waals surface area contributed by atoms with Crippen LogP contribution in [0.25, 0.3) is 0 Å². The van der Waals surface area contributed by atoms with Crippen LogP contribution in [0.1, 0.15) is 20.3 Å². The van der Waals surface area contributed by atoms with E-state index in [1.165, 1.54) is 6.07 Å². The smallest absolute Gasteiger partial charge is 0.239 e. The van der Waals surface area contributed by atoms with Crippen molar-refractivity contribution in [2.24, 2.45) is 11.7 Å². The first-order valence-corrected chi connectivity index (χ1v) is 7.58. The number of nitrogens with two attached hydrogens (primary N) is 1. The maximum atomic E-state index is 13.8. The summed E-state index contributed by atoms with van der Waals surface area (Å²) >= 11 is 0. The van der Waals surface area contributed by atoms with Crippen LogP contribution in [0.2, 0.25) is 0 Å². The highest BCUT2D eigenvalue weighted by Crippen LogP contribution is 2.20. The average Bonchev–Trinajstić information content (AvgIpc) is 2.53. The largest absolute Gasteiger partial charge is 0.366 e. The number of carbonyl (C=O) groups is 1. The molecule has 0 bridgehead atoms. The van der Waals surface area contributed by atoms with Crippen LogP contribution in [0.15, 0.2) is 24.3 Å². The molecule has 2 atom stereocenters. The average molecular weight is 293 g/mol. The Morgan fingerprint density at radius 2 is 1.90 bits per heavy atom. The molecule has 116 valence electrons. The van der Waals surface area contributed by atoms with Gasteiger partial charge < -0.3 is 15.5 Å². The molecule has 1 fully saturated rings. The van der Waals surface area contributed by atoms with E-state index in [0.29, 0.717) is 31.9 Å². The molecule has 1 aromatic rings. The molecule has 0 aromatic heterocycles. The topological polar surface area (TPSA) is 49.6 Å². The molecule has 1 aliphatic heterocycles. The summed E-state index contributed by atoms with van der Waals surface area (Å²) in [6.45, 7) is 6.50. The molecule has 1 amide bonds. The minimum Gasteiger partial charge on any atom is -0.366 e. The molecule has 1 heterocycles. The number of anilines is 1. The lowest BCUT2D eigenvalue weighted by Crippen LogP contribution is -2.54. The first kappa shape index (κ1) is 15.8.